The molecule has 0 radical (unpaired) electrons. The third-order valence-corrected chi connectivity index (χ3v) is 17.8. The van der Waals surface area contributed by atoms with Crippen molar-refractivity contribution in [2.45, 2.75) is 451 Å². The molecule has 6 nitrogen and oxygen atoms in total. The van der Waals surface area contributed by atoms with Crippen LogP contribution in [-0.4, -0.2) is 37.2 Å². The predicted octanol–water partition coefficient (Wildman–Crippen LogP) is 26.3. The summed E-state index contributed by atoms with van der Waals surface area (Å²) in [5, 5.41) is 0. The molecule has 0 saturated heterocycles. The fraction of sp³-hybridized carbons (Fsp3) is 0.935. The molecule has 0 aromatic carbocycles. The standard InChI is InChI=1S/C77H148O6/c1-4-7-10-13-16-19-22-24-26-28-30-32-34-35-36-37-38-39-40-41-42-44-45-47-49-51-53-55-58-61-64-67-70-76(79)82-73-74(72-81-75(78)69-66-63-60-57-21-18-15-12-9-6-3)83-77(80)71-68-65-62-59-56-54-52-50-48-46-43-33-31-29-27-25-23-20-17-14-11-8-5-2/h29,31,74H,4-28,30,32-73H2,1-3H3/b31-29-. The Kier molecular flexibility index (Phi) is 71.0. The van der Waals surface area contributed by atoms with Gasteiger partial charge in [-0.3, -0.25) is 14.4 Å². The zero-order valence-corrected chi connectivity index (χ0v) is 56.8. The summed E-state index contributed by atoms with van der Waals surface area (Å²) >= 11 is 0. The van der Waals surface area contributed by atoms with Crippen LogP contribution in [0.25, 0.3) is 0 Å². The molecule has 0 rings (SSSR count). The molecule has 0 aliphatic carbocycles. The quantitative estimate of drug-likeness (QED) is 0.0261. The maximum Gasteiger partial charge on any atom is 0.306 e. The van der Waals surface area contributed by atoms with E-state index in [4.69, 9.17) is 14.2 Å². The first kappa shape index (κ1) is 81.2. The van der Waals surface area contributed by atoms with E-state index in [0.29, 0.717) is 19.3 Å². The number of rotatable bonds is 72. The molecule has 0 saturated carbocycles. The summed E-state index contributed by atoms with van der Waals surface area (Å²) in [5.74, 6) is -0.830. The van der Waals surface area contributed by atoms with Crippen LogP contribution < -0.4 is 0 Å². The van der Waals surface area contributed by atoms with E-state index in [2.05, 4.69) is 32.9 Å². The molecule has 0 spiro atoms. The van der Waals surface area contributed by atoms with Crippen molar-refractivity contribution in [2.75, 3.05) is 13.2 Å². The number of hydrogen-bond donors (Lipinski definition) is 0. The average Bonchev–Trinajstić information content (AvgIpc) is 3.48. The number of carbonyl (C=O) groups is 3. The molecule has 0 aromatic heterocycles. The molecule has 0 aromatic rings. The number of esters is 3. The molecule has 0 aliphatic rings. The Morgan fingerprint density at radius 1 is 0.229 bits per heavy atom. The first-order valence-electron chi connectivity index (χ1n) is 38.2. The van der Waals surface area contributed by atoms with Gasteiger partial charge in [0.15, 0.2) is 6.10 Å². The lowest BCUT2D eigenvalue weighted by molar-refractivity contribution is -0.167. The van der Waals surface area contributed by atoms with Gasteiger partial charge >= 0.3 is 17.9 Å². The van der Waals surface area contributed by atoms with Gasteiger partial charge in [0.05, 0.1) is 0 Å². The summed E-state index contributed by atoms with van der Waals surface area (Å²) in [7, 11) is 0. The molecular weight excluding hydrogens is 1020 g/mol. The van der Waals surface area contributed by atoms with Crippen molar-refractivity contribution in [2.24, 2.45) is 0 Å². The van der Waals surface area contributed by atoms with Gasteiger partial charge in [0.1, 0.15) is 13.2 Å². The van der Waals surface area contributed by atoms with E-state index < -0.39 is 6.10 Å². The molecular formula is C77H148O6. The molecule has 0 N–H and O–H groups in total. The third kappa shape index (κ3) is 70.8. The Morgan fingerprint density at radius 3 is 0.602 bits per heavy atom. The molecule has 0 aliphatic heterocycles. The summed E-state index contributed by atoms with van der Waals surface area (Å²) in [6.45, 7) is 6.72. The molecule has 1 atom stereocenters. The molecule has 83 heavy (non-hydrogen) atoms. The highest BCUT2D eigenvalue weighted by Gasteiger charge is 2.20. The Balaban J connectivity index is 4.04. The fourth-order valence-corrected chi connectivity index (χ4v) is 12.0. The number of ether oxygens (including phenoxy) is 3. The zero-order valence-electron chi connectivity index (χ0n) is 56.8. The number of unbranched alkanes of at least 4 members (excludes halogenated alkanes) is 59. The topological polar surface area (TPSA) is 78.9 Å². The number of allylic oxidation sites excluding steroid dienone is 2. The Hall–Kier alpha value is -1.85. The minimum atomic E-state index is -0.766. The first-order valence-corrected chi connectivity index (χ1v) is 38.2. The fourth-order valence-electron chi connectivity index (χ4n) is 12.0. The van der Waals surface area contributed by atoms with Crippen LogP contribution in [-0.2, 0) is 28.6 Å². The molecule has 6 heteroatoms. The van der Waals surface area contributed by atoms with Crippen molar-refractivity contribution in [3.8, 4) is 0 Å². The van der Waals surface area contributed by atoms with E-state index >= 15 is 0 Å². The zero-order chi connectivity index (χ0) is 59.9. The molecule has 492 valence electrons. The van der Waals surface area contributed by atoms with Crippen LogP contribution in [0.2, 0.25) is 0 Å². The smallest absolute Gasteiger partial charge is 0.306 e. The highest BCUT2D eigenvalue weighted by Crippen LogP contribution is 2.20. The molecule has 0 amide bonds. The third-order valence-electron chi connectivity index (χ3n) is 17.8. The van der Waals surface area contributed by atoms with Crippen LogP contribution in [0, 0.1) is 0 Å². The largest absolute Gasteiger partial charge is 0.462 e. The van der Waals surface area contributed by atoms with Crippen LogP contribution >= 0.6 is 0 Å². The van der Waals surface area contributed by atoms with Crippen LogP contribution in [0.4, 0.5) is 0 Å². The van der Waals surface area contributed by atoms with Crippen molar-refractivity contribution < 1.29 is 28.6 Å². The maximum atomic E-state index is 12.9. The van der Waals surface area contributed by atoms with Gasteiger partial charge in [0, 0.05) is 19.3 Å². The van der Waals surface area contributed by atoms with E-state index in [-0.39, 0.29) is 31.1 Å². The van der Waals surface area contributed by atoms with Crippen molar-refractivity contribution in [1.29, 1.82) is 0 Å². The van der Waals surface area contributed by atoms with Gasteiger partial charge in [0.2, 0.25) is 0 Å². The van der Waals surface area contributed by atoms with Crippen molar-refractivity contribution >= 4 is 17.9 Å². The highest BCUT2D eigenvalue weighted by molar-refractivity contribution is 5.71. The van der Waals surface area contributed by atoms with E-state index in [1.807, 2.05) is 0 Å². The monoisotopic (exact) mass is 1170 g/mol. The summed E-state index contributed by atoms with van der Waals surface area (Å²) in [6.07, 6.45) is 88.6. The molecule has 1 unspecified atom stereocenters. The van der Waals surface area contributed by atoms with Gasteiger partial charge in [-0.25, -0.2) is 0 Å². The van der Waals surface area contributed by atoms with Crippen LogP contribution in [0.3, 0.4) is 0 Å². The SMILES string of the molecule is CCCCCCCCCC/C=C\CCCCCCCCCCCCCC(=O)OC(COC(=O)CCCCCCCCCCCC)COC(=O)CCCCCCCCCCCCCCCCCCCCCCCCCCCCCCCCCC. The summed E-state index contributed by atoms with van der Waals surface area (Å²) in [6, 6.07) is 0. The van der Waals surface area contributed by atoms with E-state index in [9.17, 15) is 14.4 Å². The minimum absolute atomic E-state index is 0.0633. The second-order valence-electron chi connectivity index (χ2n) is 26.3. The maximum absolute atomic E-state index is 12.9. The Bertz CT molecular complexity index is 1300. The van der Waals surface area contributed by atoms with E-state index in [0.717, 1.165) is 57.8 Å². The van der Waals surface area contributed by atoms with Crippen LogP contribution in [0.1, 0.15) is 445 Å². The van der Waals surface area contributed by atoms with Crippen LogP contribution in [0.5, 0.6) is 0 Å². The number of hydrogen-bond acceptors (Lipinski definition) is 6. The second-order valence-corrected chi connectivity index (χ2v) is 26.3. The predicted molar refractivity (Wildman–Crippen MR) is 363 cm³/mol. The lowest BCUT2D eigenvalue weighted by Crippen LogP contribution is -2.30. The normalized spacial score (nSPS) is 12.0. The van der Waals surface area contributed by atoms with Gasteiger partial charge in [-0.15, -0.1) is 0 Å². The van der Waals surface area contributed by atoms with Crippen molar-refractivity contribution in [3.63, 3.8) is 0 Å². The molecule has 0 fully saturated rings. The van der Waals surface area contributed by atoms with Crippen molar-refractivity contribution in [1.82, 2.24) is 0 Å². The summed E-state index contributed by atoms with van der Waals surface area (Å²) in [5.41, 5.74) is 0. The number of carbonyl (C=O) groups excluding carboxylic acids is 3. The second kappa shape index (κ2) is 72.6. The molecule has 0 heterocycles. The lowest BCUT2D eigenvalue weighted by Gasteiger charge is -2.18. The van der Waals surface area contributed by atoms with Gasteiger partial charge in [-0.2, -0.15) is 0 Å². The minimum Gasteiger partial charge on any atom is -0.462 e. The Labute approximate surface area is 520 Å². The lowest BCUT2D eigenvalue weighted by atomic mass is 10.0. The summed E-state index contributed by atoms with van der Waals surface area (Å²) in [4.78, 5) is 38.4. The van der Waals surface area contributed by atoms with Gasteiger partial charge < -0.3 is 14.2 Å². The van der Waals surface area contributed by atoms with Gasteiger partial charge in [0.25, 0.3) is 0 Å². The van der Waals surface area contributed by atoms with Gasteiger partial charge in [-0.1, -0.05) is 392 Å². The highest BCUT2D eigenvalue weighted by atomic mass is 16.6. The van der Waals surface area contributed by atoms with Crippen molar-refractivity contribution in [3.05, 3.63) is 12.2 Å². The molecule has 0 bridgehead atoms. The average molecular weight is 1170 g/mol. The van der Waals surface area contributed by atoms with E-state index in [1.54, 1.807) is 0 Å². The van der Waals surface area contributed by atoms with E-state index in [1.165, 1.54) is 347 Å². The first-order chi connectivity index (χ1) is 41.0. The Morgan fingerprint density at radius 2 is 0.398 bits per heavy atom. The van der Waals surface area contributed by atoms with Crippen LogP contribution in [0.15, 0.2) is 12.2 Å². The van der Waals surface area contributed by atoms with Gasteiger partial charge in [-0.05, 0) is 44.9 Å². The summed E-state index contributed by atoms with van der Waals surface area (Å²) < 4.78 is 17.0.